The number of anilines is 1. The van der Waals surface area contributed by atoms with Crippen molar-refractivity contribution in [2.24, 2.45) is 0 Å². The van der Waals surface area contributed by atoms with E-state index in [2.05, 4.69) is 54.6 Å². The van der Waals surface area contributed by atoms with Crippen LogP contribution in [-0.2, 0) is 6.42 Å². The maximum absolute atomic E-state index is 6.31. The third-order valence-corrected chi connectivity index (χ3v) is 5.55. The van der Waals surface area contributed by atoms with Gasteiger partial charge in [0, 0.05) is 21.9 Å². The van der Waals surface area contributed by atoms with Crippen LogP contribution < -0.4 is 5.73 Å². The molecule has 0 spiro atoms. The second kappa shape index (κ2) is 6.88. The topological polar surface area (TPSA) is 38.9 Å². The molecule has 1 atom stereocenters. The summed E-state index contributed by atoms with van der Waals surface area (Å²) < 4.78 is 0. The van der Waals surface area contributed by atoms with Crippen LogP contribution in [0.2, 0.25) is 5.02 Å². The molecule has 27 heavy (non-hydrogen) atoms. The molecule has 4 heteroatoms. The van der Waals surface area contributed by atoms with Gasteiger partial charge in [0.2, 0.25) is 0 Å². The standard InChI is InChI=1S/C23H17ClN2.ClH/c24-16-11-9-14(10-12-16)20-13-15-5-1-2-6-17(15)22-21(20)18-7-3-4-8-19(18)23(25)26-22;/h1-12,20H,13H2,(H2,25,26);1H. The zero-order valence-electron chi connectivity index (χ0n) is 14.5. The molecule has 1 aliphatic carbocycles. The predicted molar refractivity (Wildman–Crippen MR) is 116 cm³/mol. The van der Waals surface area contributed by atoms with E-state index >= 15 is 0 Å². The average Bonchev–Trinajstić information content (AvgIpc) is 2.68. The molecule has 1 heterocycles. The Hall–Kier alpha value is -2.55. The highest BCUT2D eigenvalue weighted by atomic mass is 35.5. The highest BCUT2D eigenvalue weighted by Gasteiger charge is 2.29. The minimum atomic E-state index is 0. The van der Waals surface area contributed by atoms with Crippen LogP contribution in [0.4, 0.5) is 5.82 Å². The Balaban J connectivity index is 0.00000180. The monoisotopic (exact) mass is 392 g/mol. The van der Waals surface area contributed by atoms with Crippen LogP contribution in [0.5, 0.6) is 0 Å². The summed E-state index contributed by atoms with van der Waals surface area (Å²) in [5, 5.41) is 2.96. The van der Waals surface area contributed by atoms with Gasteiger partial charge in [0.05, 0.1) is 5.69 Å². The minimum Gasteiger partial charge on any atom is -0.383 e. The Bertz CT molecular complexity index is 1140. The molecular formula is C23H18Cl2N2. The fraction of sp³-hybridized carbons (Fsp3) is 0.0870. The van der Waals surface area contributed by atoms with Gasteiger partial charge < -0.3 is 5.73 Å². The maximum atomic E-state index is 6.31. The van der Waals surface area contributed by atoms with Crippen LogP contribution in [-0.4, -0.2) is 4.98 Å². The van der Waals surface area contributed by atoms with Crippen LogP contribution in [0.25, 0.3) is 22.0 Å². The van der Waals surface area contributed by atoms with E-state index < -0.39 is 0 Å². The third-order valence-electron chi connectivity index (χ3n) is 5.30. The largest absolute Gasteiger partial charge is 0.383 e. The predicted octanol–water partition coefficient (Wildman–Crippen LogP) is 6.25. The average molecular weight is 393 g/mol. The van der Waals surface area contributed by atoms with E-state index in [9.17, 15) is 0 Å². The first-order chi connectivity index (χ1) is 12.7. The fourth-order valence-electron chi connectivity index (χ4n) is 4.10. The van der Waals surface area contributed by atoms with Gasteiger partial charge >= 0.3 is 0 Å². The first-order valence-corrected chi connectivity index (χ1v) is 9.12. The lowest BCUT2D eigenvalue weighted by molar-refractivity contribution is 0.795. The number of nitrogens with zero attached hydrogens (tertiary/aromatic N) is 1. The summed E-state index contributed by atoms with van der Waals surface area (Å²) in [6.45, 7) is 0. The number of aromatic nitrogens is 1. The molecule has 4 aromatic rings. The quantitative estimate of drug-likeness (QED) is 0.415. The number of hydrogen-bond acceptors (Lipinski definition) is 2. The molecule has 0 radical (unpaired) electrons. The van der Waals surface area contributed by atoms with Crippen molar-refractivity contribution in [1.29, 1.82) is 0 Å². The smallest absolute Gasteiger partial charge is 0.131 e. The number of rotatable bonds is 1. The first kappa shape index (κ1) is 17.8. The number of hydrogen-bond donors (Lipinski definition) is 1. The summed E-state index contributed by atoms with van der Waals surface area (Å²) in [4.78, 5) is 4.83. The highest BCUT2D eigenvalue weighted by Crippen LogP contribution is 2.45. The summed E-state index contributed by atoms with van der Waals surface area (Å²) >= 11 is 6.12. The summed E-state index contributed by atoms with van der Waals surface area (Å²) in [6, 6.07) is 25.0. The molecule has 1 aliphatic rings. The molecule has 0 saturated heterocycles. The lowest BCUT2D eigenvalue weighted by Crippen LogP contribution is -2.15. The summed E-state index contributed by atoms with van der Waals surface area (Å²) in [5.41, 5.74) is 12.3. The van der Waals surface area contributed by atoms with Gasteiger partial charge in [-0.15, -0.1) is 12.4 Å². The van der Waals surface area contributed by atoms with Crippen LogP contribution in [0.3, 0.4) is 0 Å². The lowest BCUT2D eigenvalue weighted by Gasteiger charge is -2.29. The van der Waals surface area contributed by atoms with Gasteiger partial charge in [-0.1, -0.05) is 72.3 Å². The fourth-order valence-corrected chi connectivity index (χ4v) is 4.22. The van der Waals surface area contributed by atoms with Crippen molar-refractivity contribution in [2.45, 2.75) is 12.3 Å². The molecule has 0 bridgehead atoms. The molecule has 5 rings (SSSR count). The van der Waals surface area contributed by atoms with Crippen LogP contribution in [0.15, 0.2) is 72.8 Å². The first-order valence-electron chi connectivity index (χ1n) is 8.74. The normalized spacial score (nSPS) is 14.9. The Morgan fingerprint density at radius 1 is 0.852 bits per heavy atom. The summed E-state index contributed by atoms with van der Waals surface area (Å²) in [5.74, 6) is 0.820. The highest BCUT2D eigenvalue weighted by molar-refractivity contribution is 6.30. The van der Waals surface area contributed by atoms with Crippen LogP contribution in [0, 0.1) is 0 Å². The number of halogens is 2. The van der Waals surface area contributed by atoms with Gasteiger partial charge in [0.1, 0.15) is 5.82 Å². The number of nitrogen functional groups attached to an aromatic ring is 1. The van der Waals surface area contributed by atoms with Crippen LogP contribution >= 0.6 is 24.0 Å². The molecule has 1 aromatic heterocycles. The van der Waals surface area contributed by atoms with E-state index in [-0.39, 0.29) is 18.3 Å². The molecule has 134 valence electrons. The van der Waals surface area contributed by atoms with Crippen molar-refractivity contribution in [3.8, 4) is 11.3 Å². The van der Waals surface area contributed by atoms with Crippen molar-refractivity contribution < 1.29 is 0 Å². The number of nitrogens with two attached hydrogens (primary N) is 1. The Kier molecular flexibility index (Phi) is 4.55. The van der Waals surface area contributed by atoms with Crippen molar-refractivity contribution in [1.82, 2.24) is 4.98 Å². The van der Waals surface area contributed by atoms with Gasteiger partial charge in [0.15, 0.2) is 0 Å². The molecule has 2 nitrogen and oxygen atoms in total. The summed E-state index contributed by atoms with van der Waals surface area (Å²) in [6.07, 6.45) is 0.945. The summed E-state index contributed by atoms with van der Waals surface area (Å²) in [7, 11) is 0. The lowest BCUT2D eigenvalue weighted by atomic mass is 9.76. The molecule has 0 amide bonds. The molecule has 0 saturated carbocycles. The van der Waals surface area contributed by atoms with Gasteiger partial charge in [-0.3, -0.25) is 0 Å². The van der Waals surface area contributed by atoms with E-state index in [0.717, 1.165) is 22.5 Å². The zero-order chi connectivity index (χ0) is 17.7. The van der Waals surface area contributed by atoms with Gasteiger partial charge in [-0.2, -0.15) is 0 Å². The minimum absolute atomic E-state index is 0. The van der Waals surface area contributed by atoms with Gasteiger partial charge in [-0.05, 0) is 40.6 Å². The second-order valence-electron chi connectivity index (χ2n) is 6.77. The Morgan fingerprint density at radius 2 is 1.52 bits per heavy atom. The van der Waals surface area contributed by atoms with Gasteiger partial charge in [-0.25, -0.2) is 4.98 Å². The van der Waals surface area contributed by atoms with E-state index in [4.69, 9.17) is 22.3 Å². The molecule has 3 aromatic carbocycles. The Morgan fingerprint density at radius 3 is 2.30 bits per heavy atom. The maximum Gasteiger partial charge on any atom is 0.131 e. The second-order valence-corrected chi connectivity index (χ2v) is 7.21. The van der Waals surface area contributed by atoms with Crippen LogP contribution in [0.1, 0.15) is 22.6 Å². The number of fused-ring (bicyclic) bond motifs is 5. The van der Waals surface area contributed by atoms with Crippen molar-refractivity contribution in [2.75, 3.05) is 5.73 Å². The molecule has 2 N–H and O–H groups in total. The molecule has 0 aliphatic heterocycles. The van der Waals surface area contributed by atoms with Gasteiger partial charge in [0.25, 0.3) is 0 Å². The van der Waals surface area contributed by atoms with E-state index in [1.54, 1.807) is 0 Å². The van der Waals surface area contributed by atoms with E-state index in [1.807, 2.05) is 18.2 Å². The molecule has 0 fully saturated rings. The zero-order valence-corrected chi connectivity index (χ0v) is 16.1. The van der Waals surface area contributed by atoms with Crippen molar-refractivity contribution in [3.63, 3.8) is 0 Å². The van der Waals surface area contributed by atoms with E-state index in [0.29, 0.717) is 5.82 Å². The molecular weight excluding hydrogens is 375 g/mol. The van der Waals surface area contributed by atoms with Crippen molar-refractivity contribution in [3.05, 3.63) is 94.5 Å². The SMILES string of the molecule is Cl.Nc1nc2c(c3ccccc13)C(c1ccc(Cl)cc1)Cc1ccccc1-2. The van der Waals surface area contributed by atoms with E-state index in [1.165, 1.54) is 27.6 Å². The number of benzene rings is 3. The van der Waals surface area contributed by atoms with Crippen molar-refractivity contribution >= 4 is 40.6 Å². The molecule has 1 unspecified atom stereocenters. The number of pyridine rings is 1. The third kappa shape index (κ3) is 2.86. The Labute approximate surface area is 169 Å².